The van der Waals surface area contributed by atoms with E-state index in [0.29, 0.717) is 24.5 Å². The lowest BCUT2D eigenvalue weighted by molar-refractivity contribution is -0.138. The third kappa shape index (κ3) is 7.45. The van der Waals surface area contributed by atoms with E-state index < -0.39 is 23.6 Å². The van der Waals surface area contributed by atoms with Crippen LogP contribution in [0, 0.1) is 5.82 Å². The maximum Gasteiger partial charge on any atom is 0.416 e. The van der Waals surface area contributed by atoms with Crippen molar-refractivity contribution in [1.82, 2.24) is 20.1 Å². The van der Waals surface area contributed by atoms with Crippen molar-refractivity contribution < 1.29 is 27.2 Å². The molecule has 4 N–H and O–H groups in total. The second-order valence-corrected chi connectivity index (χ2v) is 9.36. The maximum atomic E-state index is 14.7. The summed E-state index contributed by atoms with van der Waals surface area (Å²) in [5, 5.41) is 10.1. The number of nitrogens with zero attached hydrogens (tertiary/aromatic N) is 3. The van der Waals surface area contributed by atoms with Gasteiger partial charge in [0.2, 0.25) is 0 Å². The van der Waals surface area contributed by atoms with Crippen LogP contribution in [0.25, 0.3) is 0 Å². The molecule has 0 saturated carbocycles. The molecule has 0 radical (unpaired) electrons. The fourth-order valence-electron chi connectivity index (χ4n) is 4.21. The Kier molecular flexibility index (Phi) is 8.85. The molecule has 0 bridgehead atoms. The van der Waals surface area contributed by atoms with Gasteiger partial charge in [-0.1, -0.05) is 6.07 Å². The van der Waals surface area contributed by atoms with Crippen LogP contribution >= 0.6 is 0 Å². The summed E-state index contributed by atoms with van der Waals surface area (Å²) < 4.78 is 56.2. The normalized spacial score (nSPS) is 14.4. The smallest absolute Gasteiger partial charge is 0.355 e. The average Bonchev–Trinajstić information content (AvgIpc) is 2.91. The van der Waals surface area contributed by atoms with Crippen LogP contribution in [0.2, 0.25) is 0 Å². The second-order valence-electron chi connectivity index (χ2n) is 9.36. The van der Waals surface area contributed by atoms with Crippen LogP contribution in [0.4, 0.5) is 45.1 Å². The second kappa shape index (κ2) is 12.3. The van der Waals surface area contributed by atoms with E-state index in [1.165, 1.54) is 43.6 Å². The third-order valence-electron chi connectivity index (χ3n) is 6.39. The molecule has 1 aliphatic rings. The van der Waals surface area contributed by atoms with Crippen molar-refractivity contribution >= 4 is 34.7 Å². The van der Waals surface area contributed by atoms with Gasteiger partial charge in [0, 0.05) is 63.0 Å². The number of halogens is 4. The van der Waals surface area contributed by atoms with Crippen molar-refractivity contribution in [2.45, 2.75) is 12.7 Å². The van der Waals surface area contributed by atoms with Crippen LogP contribution in [0.3, 0.4) is 0 Å². The van der Waals surface area contributed by atoms with Crippen LogP contribution < -0.4 is 21.3 Å². The minimum absolute atomic E-state index is 0.0738. The number of rotatable bonds is 7. The Morgan fingerprint density at radius 3 is 2.30 bits per heavy atom. The highest BCUT2D eigenvalue weighted by molar-refractivity contribution is 6.00. The predicted molar refractivity (Wildman–Crippen MR) is 144 cm³/mol. The van der Waals surface area contributed by atoms with E-state index in [9.17, 15) is 27.2 Å². The highest BCUT2D eigenvalue weighted by atomic mass is 19.4. The van der Waals surface area contributed by atoms with Crippen LogP contribution in [-0.4, -0.2) is 67.0 Å². The molecule has 0 unspecified atom stereocenters. The number of carbonyl (C=O) groups excluding carboxylic acids is 2. The van der Waals surface area contributed by atoms with E-state index >= 15 is 0 Å². The summed E-state index contributed by atoms with van der Waals surface area (Å²) in [6.07, 6.45) is -3.19. The van der Waals surface area contributed by atoms with E-state index in [-0.39, 0.29) is 35.1 Å². The van der Waals surface area contributed by atoms with Gasteiger partial charge in [0.25, 0.3) is 5.91 Å². The molecule has 2 aromatic carbocycles. The van der Waals surface area contributed by atoms with E-state index in [1.54, 1.807) is 6.07 Å². The lowest BCUT2D eigenvalue weighted by Crippen LogP contribution is -2.44. The summed E-state index contributed by atoms with van der Waals surface area (Å²) >= 11 is 0. The van der Waals surface area contributed by atoms with Gasteiger partial charge < -0.3 is 26.2 Å². The first-order chi connectivity index (χ1) is 19.0. The number of anilines is 4. The van der Waals surface area contributed by atoms with Gasteiger partial charge in [0.15, 0.2) is 0 Å². The van der Waals surface area contributed by atoms with Gasteiger partial charge in [0.1, 0.15) is 11.5 Å². The molecule has 3 aromatic rings. The van der Waals surface area contributed by atoms with E-state index in [1.807, 2.05) is 11.9 Å². The molecule has 3 amide bonds. The lowest BCUT2D eigenvalue weighted by atomic mass is 10.0. The Morgan fingerprint density at radius 1 is 0.925 bits per heavy atom. The predicted octanol–water partition coefficient (Wildman–Crippen LogP) is 4.73. The first-order valence-electron chi connectivity index (χ1n) is 12.5. The summed E-state index contributed by atoms with van der Waals surface area (Å²) in [7, 11) is 3.44. The number of nitrogens with one attached hydrogen (secondary N) is 4. The molecule has 1 aromatic heterocycles. The molecule has 0 atom stereocenters. The molecule has 0 spiro atoms. The van der Waals surface area contributed by atoms with Crippen molar-refractivity contribution in [3.8, 4) is 0 Å². The third-order valence-corrected chi connectivity index (χ3v) is 6.39. The SMILES string of the molecule is CNC(=O)c1cc(Nc2ccc(NC(=O)Nc3ccc(CN4CCN(C)CC4)c(C(F)(F)F)c3)c(F)c2)ccn1. The number of hydrogen-bond acceptors (Lipinski definition) is 6. The molecule has 40 heavy (non-hydrogen) atoms. The number of hydrogen-bond donors (Lipinski definition) is 4. The summed E-state index contributed by atoms with van der Waals surface area (Å²) in [6.45, 7) is 3.02. The Morgan fingerprint density at radius 2 is 1.62 bits per heavy atom. The van der Waals surface area contributed by atoms with Gasteiger partial charge in [0.05, 0.1) is 11.3 Å². The summed E-state index contributed by atoms with van der Waals surface area (Å²) in [5.41, 5.74) is 0.0346. The first-order valence-corrected chi connectivity index (χ1v) is 12.5. The zero-order valence-electron chi connectivity index (χ0n) is 21.9. The topological polar surface area (TPSA) is 102 Å². The van der Waals surface area contributed by atoms with Crippen molar-refractivity contribution in [3.05, 3.63) is 77.4 Å². The highest BCUT2D eigenvalue weighted by Gasteiger charge is 2.34. The largest absolute Gasteiger partial charge is 0.416 e. The number of urea groups is 1. The lowest BCUT2D eigenvalue weighted by Gasteiger charge is -2.33. The number of aromatic nitrogens is 1. The molecular weight excluding hydrogens is 530 g/mol. The molecule has 9 nitrogen and oxygen atoms in total. The van der Waals surface area contributed by atoms with Crippen molar-refractivity contribution in [1.29, 1.82) is 0 Å². The standard InChI is InChI=1S/C27H29F4N7O2/c1-32-25(39)24-15-20(7-8-33-24)34-19-5-6-23(22(28)14-19)36-26(40)35-18-4-3-17(21(13-18)27(29,30)31)16-38-11-9-37(2)10-12-38/h3-8,13-15H,9-12,16H2,1-2H3,(H,32,39)(H,33,34)(H2,35,36,40). The Bertz CT molecular complexity index is 1380. The zero-order chi connectivity index (χ0) is 28.9. The van der Waals surface area contributed by atoms with Gasteiger partial charge in [-0.25, -0.2) is 9.18 Å². The molecule has 4 rings (SSSR count). The monoisotopic (exact) mass is 559 g/mol. The molecule has 13 heteroatoms. The van der Waals surface area contributed by atoms with Gasteiger partial charge in [-0.2, -0.15) is 13.2 Å². The minimum Gasteiger partial charge on any atom is -0.355 e. The minimum atomic E-state index is -4.61. The fraction of sp³-hybridized carbons (Fsp3) is 0.296. The Balaban J connectivity index is 1.41. The number of likely N-dealkylation sites (N-methyl/N-ethyl adjacent to an activating group) is 1. The Labute approximate surface area is 228 Å². The Hall–Kier alpha value is -4.23. The molecular formula is C27H29F4N7O2. The molecule has 1 saturated heterocycles. The van der Waals surface area contributed by atoms with Crippen molar-refractivity contribution in [2.24, 2.45) is 0 Å². The van der Waals surface area contributed by atoms with Crippen LogP contribution in [0.5, 0.6) is 0 Å². The van der Waals surface area contributed by atoms with Gasteiger partial charge >= 0.3 is 12.2 Å². The summed E-state index contributed by atoms with van der Waals surface area (Å²) in [4.78, 5) is 32.3. The fourth-order valence-corrected chi connectivity index (χ4v) is 4.21. The number of benzene rings is 2. The zero-order valence-corrected chi connectivity index (χ0v) is 21.9. The van der Waals surface area contributed by atoms with Crippen molar-refractivity contribution in [3.63, 3.8) is 0 Å². The van der Waals surface area contributed by atoms with Gasteiger partial charge in [-0.3, -0.25) is 14.7 Å². The van der Waals surface area contributed by atoms with E-state index in [2.05, 4.69) is 31.2 Å². The van der Waals surface area contributed by atoms with Crippen LogP contribution in [-0.2, 0) is 12.7 Å². The number of pyridine rings is 1. The van der Waals surface area contributed by atoms with E-state index in [0.717, 1.165) is 25.2 Å². The van der Waals surface area contributed by atoms with E-state index in [4.69, 9.17) is 0 Å². The maximum absolute atomic E-state index is 14.7. The summed E-state index contributed by atoms with van der Waals surface area (Å²) in [5.74, 6) is -1.16. The first kappa shape index (κ1) is 28.8. The highest BCUT2D eigenvalue weighted by Crippen LogP contribution is 2.34. The number of carbonyl (C=O) groups is 2. The molecule has 1 aliphatic heterocycles. The quantitative estimate of drug-likeness (QED) is 0.312. The molecule has 0 aliphatic carbocycles. The average molecular weight is 560 g/mol. The molecule has 1 fully saturated rings. The number of amides is 3. The molecule has 212 valence electrons. The van der Waals surface area contributed by atoms with Gasteiger partial charge in [-0.15, -0.1) is 0 Å². The molecule has 2 heterocycles. The number of alkyl halides is 3. The summed E-state index contributed by atoms with van der Waals surface area (Å²) in [6, 6.07) is 9.74. The van der Waals surface area contributed by atoms with Gasteiger partial charge in [-0.05, 0) is 55.1 Å². The number of piperazine rings is 1. The van der Waals surface area contributed by atoms with Crippen molar-refractivity contribution in [2.75, 3.05) is 56.2 Å². The van der Waals surface area contributed by atoms with Crippen LogP contribution in [0.15, 0.2) is 54.7 Å². The van der Waals surface area contributed by atoms with Crippen LogP contribution in [0.1, 0.15) is 21.6 Å².